The van der Waals surface area contributed by atoms with Crippen LogP contribution in [0.15, 0.2) is 12.1 Å². The maximum absolute atomic E-state index is 11.2. The lowest BCUT2D eigenvalue weighted by atomic mass is 9.93. The van der Waals surface area contributed by atoms with Gasteiger partial charge in [0.1, 0.15) is 17.5 Å². The molecular formula is C12H15NO4. The Morgan fingerprint density at radius 1 is 1.41 bits per heavy atom. The third-order valence-electron chi connectivity index (χ3n) is 2.94. The van der Waals surface area contributed by atoms with Crippen molar-refractivity contribution in [1.29, 1.82) is 0 Å². The number of rotatable bonds is 3. The highest BCUT2D eigenvalue weighted by Crippen LogP contribution is 2.35. The summed E-state index contributed by atoms with van der Waals surface area (Å²) < 4.78 is 10.4. The monoisotopic (exact) mass is 237 g/mol. The van der Waals surface area contributed by atoms with Crippen LogP contribution in [-0.2, 0) is 11.2 Å². The summed E-state index contributed by atoms with van der Waals surface area (Å²) in [4.78, 5) is 11.2. The zero-order valence-electron chi connectivity index (χ0n) is 9.82. The van der Waals surface area contributed by atoms with Gasteiger partial charge in [0, 0.05) is 18.2 Å². The molecule has 1 aromatic rings. The van der Waals surface area contributed by atoms with Gasteiger partial charge >= 0.3 is 5.97 Å². The van der Waals surface area contributed by atoms with Crippen LogP contribution in [0.1, 0.15) is 17.2 Å². The maximum atomic E-state index is 11.2. The standard InChI is InChI=1S/C12H15NO4/c1-16-8-5-7-3-4-13-11(12(14)15)10(7)9(6-8)17-2/h5-6,11,13H,3-4H2,1-2H3,(H,14,15). The first-order valence-corrected chi connectivity index (χ1v) is 5.38. The summed E-state index contributed by atoms with van der Waals surface area (Å²) in [5.74, 6) is 0.347. The molecule has 0 amide bonds. The Bertz CT molecular complexity index is 427. The van der Waals surface area contributed by atoms with E-state index in [2.05, 4.69) is 5.32 Å². The van der Waals surface area contributed by atoms with Crippen LogP contribution < -0.4 is 14.8 Å². The van der Waals surface area contributed by atoms with Crippen molar-refractivity contribution in [3.63, 3.8) is 0 Å². The van der Waals surface area contributed by atoms with Gasteiger partial charge < -0.3 is 19.9 Å². The van der Waals surface area contributed by atoms with E-state index >= 15 is 0 Å². The second-order valence-electron chi connectivity index (χ2n) is 3.88. The second-order valence-corrected chi connectivity index (χ2v) is 3.88. The number of nitrogens with one attached hydrogen (secondary N) is 1. The first-order chi connectivity index (χ1) is 8.17. The summed E-state index contributed by atoms with van der Waals surface area (Å²) in [6, 6.07) is 2.87. The van der Waals surface area contributed by atoms with Gasteiger partial charge in [0.25, 0.3) is 0 Å². The van der Waals surface area contributed by atoms with E-state index in [1.165, 1.54) is 7.11 Å². The van der Waals surface area contributed by atoms with Crippen molar-refractivity contribution in [3.8, 4) is 11.5 Å². The number of carboxylic acid groups (broad SMARTS) is 1. The predicted molar refractivity (Wildman–Crippen MR) is 61.6 cm³/mol. The number of hydrogen-bond donors (Lipinski definition) is 2. The van der Waals surface area contributed by atoms with E-state index < -0.39 is 12.0 Å². The molecule has 17 heavy (non-hydrogen) atoms. The maximum Gasteiger partial charge on any atom is 0.325 e. The molecule has 5 heteroatoms. The van der Waals surface area contributed by atoms with Gasteiger partial charge in [-0.05, 0) is 18.1 Å². The number of hydrogen-bond acceptors (Lipinski definition) is 4. The van der Waals surface area contributed by atoms with Gasteiger partial charge in [0.15, 0.2) is 0 Å². The lowest BCUT2D eigenvalue weighted by molar-refractivity contribution is -0.139. The number of methoxy groups -OCH3 is 2. The molecule has 1 unspecified atom stereocenters. The minimum atomic E-state index is -0.894. The van der Waals surface area contributed by atoms with Gasteiger partial charge in [0.05, 0.1) is 14.2 Å². The predicted octanol–water partition coefficient (Wildman–Crippen LogP) is 0.975. The molecule has 1 heterocycles. The molecule has 2 rings (SSSR count). The quantitative estimate of drug-likeness (QED) is 0.820. The lowest BCUT2D eigenvalue weighted by Crippen LogP contribution is -2.35. The van der Waals surface area contributed by atoms with Gasteiger partial charge in [-0.2, -0.15) is 0 Å². The van der Waals surface area contributed by atoms with Crippen LogP contribution in [0.2, 0.25) is 0 Å². The first kappa shape index (κ1) is 11.7. The van der Waals surface area contributed by atoms with Crippen molar-refractivity contribution in [1.82, 2.24) is 5.32 Å². The minimum absolute atomic E-state index is 0.555. The fraction of sp³-hybridized carbons (Fsp3) is 0.417. The Balaban J connectivity index is 2.55. The Labute approximate surface area is 99.3 Å². The van der Waals surface area contributed by atoms with Crippen molar-refractivity contribution in [3.05, 3.63) is 23.3 Å². The number of carbonyl (C=O) groups is 1. The van der Waals surface area contributed by atoms with Crippen LogP contribution in [0.3, 0.4) is 0 Å². The van der Waals surface area contributed by atoms with E-state index in [1.807, 2.05) is 6.07 Å². The van der Waals surface area contributed by atoms with Crippen LogP contribution in [0.25, 0.3) is 0 Å². The van der Waals surface area contributed by atoms with Crippen LogP contribution >= 0.6 is 0 Å². The van der Waals surface area contributed by atoms with E-state index in [1.54, 1.807) is 13.2 Å². The molecule has 0 saturated heterocycles. The molecule has 1 aromatic carbocycles. The highest BCUT2D eigenvalue weighted by molar-refractivity contribution is 5.78. The number of fused-ring (bicyclic) bond motifs is 1. The molecule has 0 aromatic heterocycles. The zero-order valence-corrected chi connectivity index (χ0v) is 9.82. The van der Waals surface area contributed by atoms with E-state index in [9.17, 15) is 9.90 Å². The third kappa shape index (κ3) is 2.06. The molecule has 92 valence electrons. The van der Waals surface area contributed by atoms with Crippen molar-refractivity contribution in [2.45, 2.75) is 12.5 Å². The number of carboxylic acids is 1. The van der Waals surface area contributed by atoms with Crippen molar-refractivity contribution in [2.75, 3.05) is 20.8 Å². The molecule has 1 aliphatic heterocycles. The van der Waals surface area contributed by atoms with E-state index in [4.69, 9.17) is 9.47 Å². The molecule has 5 nitrogen and oxygen atoms in total. The molecule has 2 N–H and O–H groups in total. The topological polar surface area (TPSA) is 67.8 Å². The summed E-state index contributed by atoms with van der Waals surface area (Å²) >= 11 is 0. The van der Waals surface area contributed by atoms with Gasteiger partial charge in [-0.3, -0.25) is 4.79 Å². The van der Waals surface area contributed by atoms with Crippen LogP contribution in [0.4, 0.5) is 0 Å². The average molecular weight is 237 g/mol. The molecule has 1 aliphatic rings. The third-order valence-corrected chi connectivity index (χ3v) is 2.94. The van der Waals surface area contributed by atoms with Crippen LogP contribution in [0.5, 0.6) is 11.5 Å². The van der Waals surface area contributed by atoms with Crippen molar-refractivity contribution >= 4 is 5.97 Å². The molecule has 0 bridgehead atoms. The highest BCUT2D eigenvalue weighted by atomic mass is 16.5. The largest absolute Gasteiger partial charge is 0.497 e. The molecule has 0 radical (unpaired) electrons. The fourth-order valence-electron chi connectivity index (χ4n) is 2.14. The highest BCUT2D eigenvalue weighted by Gasteiger charge is 2.29. The summed E-state index contributed by atoms with van der Waals surface area (Å²) in [6.45, 7) is 0.639. The van der Waals surface area contributed by atoms with E-state index in [-0.39, 0.29) is 0 Å². The summed E-state index contributed by atoms with van der Waals surface area (Å²) in [6.07, 6.45) is 0.771. The fourth-order valence-corrected chi connectivity index (χ4v) is 2.14. The van der Waals surface area contributed by atoms with E-state index in [0.29, 0.717) is 23.6 Å². The van der Waals surface area contributed by atoms with Crippen LogP contribution in [0, 0.1) is 0 Å². The summed E-state index contributed by atoms with van der Waals surface area (Å²) in [7, 11) is 3.11. The molecular weight excluding hydrogens is 222 g/mol. The molecule has 0 fully saturated rings. The summed E-state index contributed by atoms with van der Waals surface area (Å²) in [5, 5.41) is 12.1. The number of ether oxygens (including phenoxy) is 2. The summed E-state index contributed by atoms with van der Waals surface area (Å²) in [5.41, 5.74) is 1.67. The first-order valence-electron chi connectivity index (χ1n) is 5.38. The Morgan fingerprint density at radius 3 is 2.76 bits per heavy atom. The average Bonchev–Trinajstić information content (AvgIpc) is 2.36. The zero-order chi connectivity index (χ0) is 12.4. The van der Waals surface area contributed by atoms with Crippen molar-refractivity contribution in [2.24, 2.45) is 0 Å². The molecule has 0 spiro atoms. The van der Waals surface area contributed by atoms with Crippen molar-refractivity contribution < 1.29 is 19.4 Å². The Kier molecular flexibility index (Phi) is 3.19. The van der Waals surface area contributed by atoms with E-state index in [0.717, 1.165) is 12.0 Å². The minimum Gasteiger partial charge on any atom is -0.497 e. The lowest BCUT2D eigenvalue weighted by Gasteiger charge is -2.26. The molecule has 0 aliphatic carbocycles. The Morgan fingerprint density at radius 2 is 2.18 bits per heavy atom. The molecule has 0 saturated carbocycles. The van der Waals surface area contributed by atoms with Gasteiger partial charge in [0.2, 0.25) is 0 Å². The van der Waals surface area contributed by atoms with Gasteiger partial charge in [-0.1, -0.05) is 0 Å². The number of aliphatic carboxylic acids is 1. The van der Waals surface area contributed by atoms with Crippen LogP contribution in [-0.4, -0.2) is 31.8 Å². The van der Waals surface area contributed by atoms with Gasteiger partial charge in [-0.25, -0.2) is 0 Å². The SMILES string of the molecule is COc1cc2c(c(OC)c1)C(C(=O)O)NCC2. The Hall–Kier alpha value is -1.75. The molecule has 1 atom stereocenters. The normalized spacial score (nSPS) is 18.4. The van der Waals surface area contributed by atoms with Gasteiger partial charge in [-0.15, -0.1) is 0 Å². The smallest absolute Gasteiger partial charge is 0.325 e. The number of benzene rings is 1. The second kappa shape index (κ2) is 4.63.